The maximum absolute atomic E-state index is 13.1. The van der Waals surface area contributed by atoms with Crippen LogP contribution in [0.2, 0.25) is 0 Å². The number of amides is 1. The van der Waals surface area contributed by atoms with Crippen molar-refractivity contribution < 1.29 is 14.3 Å². The molecule has 2 aromatic carbocycles. The number of carbonyl (C=O) groups is 1. The van der Waals surface area contributed by atoms with E-state index in [1.807, 2.05) is 53.7 Å². The second-order valence-corrected chi connectivity index (χ2v) is 7.05. The molecule has 0 bridgehead atoms. The maximum atomic E-state index is 13.1. The van der Waals surface area contributed by atoms with Crippen LogP contribution in [0.3, 0.4) is 0 Å². The summed E-state index contributed by atoms with van der Waals surface area (Å²) in [6.45, 7) is 1.05. The van der Waals surface area contributed by atoms with E-state index >= 15 is 0 Å². The average molecular weight is 360 g/mol. The zero-order valence-corrected chi connectivity index (χ0v) is 14.9. The zero-order chi connectivity index (χ0) is 18.2. The Labute approximate surface area is 157 Å². The first-order valence-corrected chi connectivity index (χ1v) is 9.30. The van der Waals surface area contributed by atoms with Crippen molar-refractivity contribution in [1.82, 2.24) is 9.88 Å². The van der Waals surface area contributed by atoms with E-state index < -0.39 is 0 Å². The molecule has 1 amide bonds. The average Bonchev–Trinajstić information content (AvgIpc) is 3.37. The second kappa shape index (κ2) is 6.58. The summed E-state index contributed by atoms with van der Waals surface area (Å²) in [6.07, 6.45) is 6.01. The lowest BCUT2D eigenvalue weighted by Crippen LogP contribution is -2.31. The Balaban J connectivity index is 1.40. The van der Waals surface area contributed by atoms with Crippen molar-refractivity contribution in [3.05, 3.63) is 66.0 Å². The third-order valence-electron chi connectivity index (χ3n) is 5.45. The number of likely N-dealkylation sites (tertiary alicyclic amines) is 1. The van der Waals surface area contributed by atoms with E-state index in [0.29, 0.717) is 6.42 Å². The van der Waals surface area contributed by atoms with Crippen molar-refractivity contribution >= 4 is 16.7 Å². The van der Waals surface area contributed by atoms with Crippen molar-refractivity contribution in [2.45, 2.75) is 25.3 Å². The van der Waals surface area contributed by atoms with Crippen molar-refractivity contribution in [3.63, 3.8) is 0 Å². The molecule has 1 unspecified atom stereocenters. The van der Waals surface area contributed by atoms with Crippen molar-refractivity contribution in [2.75, 3.05) is 13.3 Å². The van der Waals surface area contributed by atoms with Crippen molar-refractivity contribution in [3.8, 4) is 11.5 Å². The Hall–Kier alpha value is -3.08. The van der Waals surface area contributed by atoms with Crippen LogP contribution >= 0.6 is 0 Å². The summed E-state index contributed by atoms with van der Waals surface area (Å²) in [6, 6.07) is 14.2. The minimum absolute atomic E-state index is 0.0925. The Morgan fingerprint density at radius 1 is 1.11 bits per heavy atom. The van der Waals surface area contributed by atoms with Crippen LogP contribution in [-0.2, 0) is 11.2 Å². The first-order valence-electron chi connectivity index (χ1n) is 9.30. The molecular weight excluding hydrogens is 340 g/mol. The molecule has 1 aromatic heterocycles. The van der Waals surface area contributed by atoms with Crippen LogP contribution in [0.25, 0.3) is 10.8 Å². The molecule has 5 nitrogen and oxygen atoms in total. The molecule has 0 N–H and O–H groups in total. The van der Waals surface area contributed by atoms with Crippen molar-refractivity contribution in [1.29, 1.82) is 0 Å². The van der Waals surface area contributed by atoms with E-state index in [9.17, 15) is 4.79 Å². The summed E-state index contributed by atoms with van der Waals surface area (Å²) in [5.74, 6) is 1.69. The Morgan fingerprint density at radius 3 is 2.96 bits per heavy atom. The quantitative estimate of drug-likeness (QED) is 0.711. The molecule has 27 heavy (non-hydrogen) atoms. The van der Waals surface area contributed by atoms with Crippen molar-refractivity contribution in [2.24, 2.45) is 0 Å². The number of rotatable bonds is 3. The molecule has 3 aromatic rings. The van der Waals surface area contributed by atoms with Crippen LogP contribution < -0.4 is 9.47 Å². The lowest BCUT2D eigenvalue weighted by Gasteiger charge is -2.25. The highest BCUT2D eigenvalue weighted by molar-refractivity contribution is 5.89. The molecule has 0 aliphatic carbocycles. The number of hydrogen-bond acceptors (Lipinski definition) is 4. The van der Waals surface area contributed by atoms with Gasteiger partial charge in [0.05, 0.1) is 12.5 Å². The lowest BCUT2D eigenvalue weighted by atomic mass is 10.0. The second-order valence-electron chi connectivity index (χ2n) is 7.05. The monoisotopic (exact) mass is 360 g/mol. The molecule has 1 fully saturated rings. The smallest absolute Gasteiger partial charge is 0.231 e. The van der Waals surface area contributed by atoms with Gasteiger partial charge < -0.3 is 14.4 Å². The van der Waals surface area contributed by atoms with Crippen LogP contribution in [0, 0.1) is 0 Å². The fourth-order valence-electron chi connectivity index (χ4n) is 4.12. The van der Waals surface area contributed by atoms with Gasteiger partial charge in [-0.05, 0) is 41.5 Å². The van der Waals surface area contributed by atoms with Crippen LogP contribution in [0.15, 0.2) is 54.9 Å². The number of fused-ring (bicyclic) bond motifs is 2. The molecule has 5 rings (SSSR count). The molecule has 0 saturated carbocycles. The van der Waals surface area contributed by atoms with Gasteiger partial charge in [-0.25, -0.2) is 0 Å². The molecule has 1 atom stereocenters. The summed E-state index contributed by atoms with van der Waals surface area (Å²) in [4.78, 5) is 19.4. The molecule has 2 aliphatic heterocycles. The van der Waals surface area contributed by atoms with Crippen LogP contribution in [0.4, 0.5) is 0 Å². The van der Waals surface area contributed by atoms with E-state index in [4.69, 9.17) is 9.47 Å². The predicted octanol–water partition coefficient (Wildman–Crippen LogP) is 3.87. The van der Waals surface area contributed by atoms with Gasteiger partial charge in [0.25, 0.3) is 0 Å². The standard InChI is InChI=1S/C22H20N2O3/c25-22(11-17-13-23-12-16-4-1-2-5-18(16)17)24-9-3-6-19(24)15-7-8-20-21(10-15)27-14-26-20/h1-2,4-5,7-8,10,12-13,19H,3,6,9,11,14H2. The first kappa shape index (κ1) is 16.1. The number of hydrogen-bond donors (Lipinski definition) is 0. The molecule has 5 heteroatoms. The van der Waals surface area contributed by atoms with E-state index in [1.165, 1.54) is 0 Å². The first-order chi connectivity index (χ1) is 13.3. The Morgan fingerprint density at radius 2 is 2.00 bits per heavy atom. The number of aromatic nitrogens is 1. The Kier molecular flexibility index (Phi) is 3.93. The number of nitrogens with zero attached hydrogens (tertiary/aromatic N) is 2. The summed E-state index contributed by atoms with van der Waals surface area (Å²) in [7, 11) is 0. The lowest BCUT2D eigenvalue weighted by molar-refractivity contribution is -0.131. The third-order valence-corrected chi connectivity index (χ3v) is 5.45. The highest BCUT2D eigenvalue weighted by Gasteiger charge is 2.31. The number of benzene rings is 2. The van der Waals surface area contributed by atoms with Gasteiger partial charge in [-0.1, -0.05) is 30.3 Å². The summed E-state index contributed by atoms with van der Waals surface area (Å²) in [5.41, 5.74) is 2.09. The van der Waals surface area contributed by atoms with Gasteiger partial charge in [-0.15, -0.1) is 0 Å². The topological polar surface area (TPSA) is 51.7 Å². The van der Waals surface area contributed by atoms with Crippen LogP contribution in [0.1, 0.15) is 30.0 Å². The van der Waals surface area contributed by atoms with Gasteiger partial charge in [0.1, 0.15) is 0 Å². The normalized spacial score (nSPS) is 18.2. The highest BCUT2D eigenvalue weighted by Crippen LogP contribution is 2.39. The minimum Gasteiger partial charge on any atom is -0.454 e. The largest absolute Gasteiger partial charge is 0.454 e. The Bertz CT molecular complexity index is 1010. The summed E-state index contributed by atoms with van der Waals surface area (Å²) >= 11 is 0. The molecule has 1 saturated heterocycles. The van der Waals surface area contributed by atoms with Crippen LogP contribution in [0.5, 0.6) is 11.5 Å². The molecular formula is C22H20N2O3. The van der Waals surface area contributed by atoms with E-state index in [-0.39, 0.29) is 18.7 Å². The van der Waals surface area contributed by atoms with Gasteiger partial charge in [0.2, 0.25) is 12.7 Å². The van der Waals surface area contributed by atoms with Crippen LogP contribution in [-0.4, -0.2) is 29.1 Å². The van der Waals surface area contributed by atoms with Gasteiger partial charge in [0, 0.05) is 24.3 Å². The molecule has 0 radical (unpaired) electrons. The minimum atomic E-state index is 0.0925. The number of ether oxygens (including phenoxy) is 2. The van der Waals surface area contributed by atoms with E-state index in [1.54, 1.807) is 0 Å². The maximum Gasteiger partial charge on any atom is 0.231 e. The number of carbonyl (C=O) groups excluding carboxylic acids is 1. The predicted molar refractivity (Wildman–Crippen MR) is 102 cm³/mol. The van der Waals surface area contributed by atoms with Gasteiger partial charge in [-0.3, -0.25) is 9.78 Å². The molecule has 3 heterocycles. The third kappa shape index (κ3) is 2.89. The number of pyridine rings is 1. The molecule has 2 aliphatic rings. The summed E-state index contributed by atoms with van der Waals surface area (Å²) < 4.78 is 10.9. The fraction of sp³-hybridized carbons (Fsp3) is 0.273. The molecule has 0 spiro atoms. The van der Waals surface area contributed by atoms with E-state index in [0.717, 1.165) is 52.8 Å². The zero-order valence-electron chi connectivity index (χ0n) is 14.9. The van der Waals surface area contributed by atoms with Gasteiger partial charge >= 0.3 is 0 Å². The van der Waals surface area contributed by atoms with Gasteiger partial charge in [-0.2, -0.15) is 0 Å². The van der Waals surface area contributed by atoms with Gasteiger partial charge in [0.15, 0.2) is 11.5 Å². The molecule has 136 valence electrons. The SMILES string of the molecule is O=C(Cc1cncc2ccccc12)N1CCCC1c1ccc2c(c1)OCO2. The fourth-order valence-corrected chi connectivity index (χ4v) is 4.12. The van der Waals surface area contributed by atoms with E-state index in [2.05, 4.69) is 11.1 Å². The highest BCUT2D eigenvalue weighted by atomic mass is 16.7. The summed E-state index contributed by atoms with van der Waals surface area (Å²) in [5, 5.41) is 2.16.